The highest BCUT2D eigenvalue weighted by atomic mass is 19.3. The van der Waals surface area contributed by atoms with E-state index in [2.05, 4.69) is 9.97 Å². The second-order valence-corrected chi connectivity index (χ2v) is 10.4. The SMILES string of the molecule is CCC(F)C(F)(F)CC(F)(F)C(F)(F)Cc1cnc(-c2ccc(OCC(O)COCC(F)(F)[N+]3(F)CCOCC3)cc2)nc1. The summed E-state index contributed by atoms with van der Waals surface area (Å²) in [5, 5.41) is 9.97. The van der Waals surface area contributed by atoms with E-state index in [9.17, 15) is 49.1 Å². The van der Waals surface area contributed by atoms with Crippen LogP contribution in [0.15, 0.2) is 36.7 Å². The molecule has 1 aromatic carbocycles. The summed E-state index contributed by atoms with van der Waals surface area (Å²) in [5.41, 5.74) is -0.136. The van der Waals surface area contributed by atoms with E-state index in [1.165, 1.54) is 24.3 Å². The highest BCUT2D eigenvalue weighted by molar-refractivity contribution is 5.55. The van der Waals surface area contributed by atoms with E-state index in [1.807, 2.05) is 0 Å². The zero-order chi connectivity index (χ0) is 32.8. The van der Waals surface area contributed by atoms with Crippen LogP contribution in [-0.4, -0.2) is 102 Å². The Morgan fingerprint density at radius 1 is 0.932 bits per heavy atom. The largest absolute Gasteiger partial charge is 0.491 e. The Hall–Kier alpha value is -2.76. The van der Waals surface area contributed by atoms with E-state index in [1.54, 1.807) is 0 Å². The Kier molecular flexibility index (Phi) is 11.5. The molecule has 1 aromatic heterocycles. The van der Waals surface area contributed by atoms with Crippen molar-refractivity contribution < 1.29 is 68.0 Å². The normalized spacial score (nSPS) is 17.7. The second kappa shape index (κ2) is 14.1. The average Bonchev–Trinajstić information content (AvgIpc) is 2.95. The number of nitrogens with zero attached hydrogens (tertiary/aromatic N) is 3. The van der Waals surface area contributed by atoms with Gasteiger partial charge in [0.25, 0.3) is 5.92 Å². The predicted octanol–water partition coefficient (Wildman–Crippen LogP) is 5.81. The third-order valence-corrected chi connectivity index (χ3v) is 6.85. The van der Waals surface area contributed by atoms with Crippen LogP contribution >= 0.6 is 0 Å². The van der Waals surface area contributed by atoms with Crippen LogP contribution in [0, 0.1) is 0 Å². The number of morpholine rings is 1. The van der Waals surface area contributed by atoms with Gasteiger partial charge in [-0.15, -0.1) is 8.78 Å². The minimum atomic E-state index is -5.21. The fraction of sp³-hybridized carbons (Fsp3) is 0.630. The summed E-state index contributed by atoms with van der Waals surface area (Å²) in [7, 11) is 0. The number of aliphatic hydroxyl groups excluding tert-OH is 1. The summed E-state index contributed by atoms with van der Waals surface area (Å²) >= 11 is 0. The smallest absolute Gasteiger partial charge is 0.448 e. The molecule has 44 heavy (non-hydrogen) atoms. The van der Waals surface area contributed by atoms with Gasteiger partial charge < -0.3 is 19.3 Å². The van der Waals surface area contributed by atoms with Crippen LogP contribution in [0.1, 0.15) is 25.3 Å². The summed E-state index contributed by atoms with van der Waals surface area (Å²) in [5.74, 6) is -14.6. The minimum absolute atomic E-state index is 0.00643. The van der Waals surface area contributed by atoms with Gasteiger partial charge in [-0.2, -0.15) is 17.6 Å². The number of hydrogen-bond donors (Lipinski definition) is 1. The molecule has 1 fully saturated rings. The maximum Gasteiger partial charge on any atom is 0.448 e. The lowest BCUT2D eigenvalue weighted by Gasteiger charge is -2.35. The van der Waals surface area contributed by atoms with E-state index < -0.39 is 91.9 Å². The van der Waals surface area contributed by atoms with Crippen molar-refractivity contribution in [1.82, 2.24) is 9.97 Å². The molecular formula is C27H32F10N3O4+. The van der Waals surface area contributed by atoms with Crippen LogP contribution < -0.4 is 4.74 Å². The molecule has 1 aliphatic heterocycles. The van der Waals surface area contributed by atoms with E-state index >= 15 is 0 Å². The summed E-state index contributed by atoms with van der Waals surface area (Å²) in [4.78, 5) is 7.67. The first kappa shape index (κ1) is 35.7. The van der Waals surface area contributed by atoms with Crippen molar-refractivity contribution in [1.29, 1.82) is 0 Å². The number of halogens is 10. The van der Waals surface area contributed by atoms with Crippen molar-refractivity contribution in [3.63, 3.8) is 0 Å². The van der Waals surface area contributed by atoms with Crippen molar-refractivity contribution in [3.05, 3.63) is 42.2 Å². The van der Waals surface area contributed by atoms with E-state index in [-0.39, 0.29) is 31.4 Å². The first-order valence-corrected chi connectivity index (χ1v) is 13.5. The highest BCUT2D eigenvalue weighted by Gasteiger charge is 2.62. The van der Waals surface area contributed by atoms with Crippen molar-refractivity contribution in [2.75, 3.05) is 46.1 Å². The standard InChI is InChI=1S/C27H32F10N3O4/c1-2-22(28)24(29,30)16-26(33,34)25(31,32)11-18-12-38-23(39-13-18)19-3-5-21(6-4-19)44-15-20(41)14-43-17-27(35,36)40(37)7-9-42-10-8-40/h3-6,12-13,20,22,41H,2,7-11,14-17H2,1H3/q+1. The summed E-state index contributed by atoms with van der Waals surface area (Å²) in [6.45, 7) is -2.60. The van der Waals surface area contributed by atoms with Crippen LogP contribution in [-0.2, 0) is 15.9 Å². The fourth-order valence-electron chi connectivity index (χ4n) is 4.15. The van der Waals surface area contributed by atoms with Crippen LogP contribution in [0.25, 0.3) is 11.4 Å². The maximum absolute atomic E-state index is 14.4. The third kappa shape index (κ3) is 8.91. The van der Waals surface area contributed by atoms with E-state index in [4.69, 9.17) is 14.2 Å². The van der Waals surface area contributed by atoms with Gasteiger partial charge >= 0.3 is 17.9 Å². The zero-order valence-electron chi connectivity index (χ0n) is 23.5. The molecular weight excluding hydrogens is 620 g/mol. The zero-order valence-corrected chi connectivity index (χ0v) is 23.5. The van der Waals surface area contributed by atoms with Crippen molar-refractivity contribution in [2.24, 2.45) is 0 Å². The van der Waals surface area contributed by atoms with Gasteiger partial charge in [-0.05, 0) is 36.2 Å². The van der Waals surface area contributed by atoms with Crippen LogP contribution in [0.3, 0.4) is 0 Å². The number of benzene rings is 1. The Morgan fingerprint density at radius 2 is 1.52 bits per heavy atom. The van der Waals surface area contributed by atoms with Gasteiger partial charge in [0.15, 0.2) is 18.6 Å². The van der Waals surface area contributed by atoms with Crippen LogP contribution in [0.5, 0.6) is 5.75 Å². The molecule has 0 amide bonds. The van der Waals surface area contributed by atoms with Gasteiger partial charge in [-0.25, -0.2) is 23.1 Å². The molecule has 1 N–H and O–H groups in total. The number of quaternary nitrogens is 1. The lowest BCUT2D eigenvalue weighted by molar-refractivity contribution is -1.13. The van der Waals surface area contributed by atoms with Crippen LogP contribution in [0.2, 0.25) is 0 Å². The van der Waals surface area contributed by atoms with Crippen LogP contribution in [0.4, 0.5) is 44.0 Å². The molecule has 3 rings (SSSR count). The van der Waals surface area contributed by atoms with Crippen molar-refractivity contribution >= 4 is 0 Å². The molecule has 0 aliphatic carbocycles. The third-order valence-electron chi connectivity index (χ3n) is 6.85. The average molecular weight is 653 g/mol. The van der Waals surface area contributed by atoms with Crippen molar-refractivity contribution in [3.8, 4) is 17.1 Å². The molecule has 1 saturated heterocycles. The predicted molar refractivity (Wildman–Crippen MR) is 135 cm³/mol. The molecule has 2 aromatic rings. The van der Waals surface area contributed by atoms with E-state index in [0.717, 1.165) is 19.3 Å². The molecule has 0 spiro atoms. The number of alkyl halides is 9. The summed E-state index contributed by atoms with van der Waals surface area (Å²) < 4.78 is 153. The fourth-order valence-corrected chi connectivity index (χ4v) is 4.15. The molecule has 0 radical (unpaired) electrons. The first-order valence-electron chi connectivity index (χ1n) is 13.5. The quantitative estimate of drug-likeness (QED) is 0.140. The Bertz CT molecular complexity index is 1180. The van der Waals surface area contributed by atoms with Gasteiger partial charge in [-0.1, -0.05) is 11.6 Å². The van der Waals surface area contributed by atoms with Gasteiger partial charge in [0.1, 0.15) is 31.5 Å². The maximum atomic E-state index is 14.4. The molecule has 0 saturated carbocycles. The Labute approximate surface area is 246 Å². The number of ether oxygens (including phenoxy) is 3. The van der Waals surface area contributed by atoms with Gasteiger partial charge in [-0.3, -0.25) is 0 Å². The molecule has 0 bridgehead atoms. The lowest BCUT2D eigenvalue weighted by atomic mass is 9.96. The molecule has 17 heteroatoms. The molecule has 2 unspecified atom stereocenters. The monoisotopic (exact) mass is 652 g/mol. The molecule has 248 valence electrons. The number of aliphatic hydroxyl groups is 1. The molecule has 2 heterocycles. The highest BCUT2D eigenvalue weighted by Crippen LogP contribution is 2.45. The van der Waals surface area contributed by atoms with Gasteiger partial charge in [0.2, 0.25) is 0 Å². The van der Waals surface area contributed by atoms with Gasteiger partial charge in [0, 0.05) is 28.9 Å². The second-order valence-electron chi connectivity index (χ2n) is 10.4. The van der Waals surface area contributed by atoms with Crippen molar-refractivity contribution in [2.45, 2.75) is 62.3 Å². The Morgan fingerprint density at radius 3 is 2.09 bits per heavy atom. The topological polar surface area (TPSA) is 73.7 Å². The minimum Gasteiger partial charge on any atom is -0.491 e. The Balaban J connectivity index is 1.49. The lowest BCUT2D eigenvalue weighted by Crippen LogP contribution is -2.61. The first-order chi connectivity index (χ1) is 20.4. The summed E-state index contributed by atoms with van der Waals surface area (Å²) in [6.07, 6.45) is -7.84. The summed E-state index contributed by atoms with van der Waals surface area (Å²) in [6, 6.07) is 1.86. The molecule has 1 aliphatic rings. The number of hydrogen-bond acceptors (Lipinski definition) is 6. The molecule has 7 nitrogen and oxygen atoms in total. The molecule has 2 atom stereocenters. The number of aromatic nitrogens is 2. The van der Waals surface area contributed by atoms with Gasteiger partial charge in [0.05, 0.1) is 26.2 Å². The number of rotatable bonds is 16. The van der Waals surface area contributed by atoms with E-state index in [0.29, 0.717) is 5.56 Å².